The molecular formula is C13H24Cl2O3. The summed E-state index contributed by atoms with van der Waals surface area (Å²) in [6, 6.07) is 0. The van der Waals surface area contributed by atoms with E-state index < -0.39 is 6.16 Å². The molecule has 0 spiro atoms. The summed E-state index contributed by atoms with van der Waals surface area (Å²) in [7, 11) is 0. The van der Waals surface area contributed by atoms with Gasteiger partial charge >= 0.3 is 6.16 Å². The van der Waals surface area contributed by atoms with Crippen LogP contribution in [0.5, 0.6) is 0 Å². The molecule has 0 aromatic rings. The summed E-state index contributed by atoms with van der Waals surface area (Å²) in [6.07, 6.45) is 0.631. The maximum absolute atomic E-state index is 11.2. The lowest BCUT2D eigenvalue weighted by Gasteiger charge is -2.14. The molecule has 0 aliphatic heterocycles. The van der Waals surface area contributed by atoms with Crippen molar-refractivity contribution in [2.75, 3.05) is 13.2 Å². The Morgan fingerprint density at radius 3 is 1.50 bits per heavy atom. The van der Waals surface area contributed by atoms with Crippen LogP contribution in [0.4, 0.5) is 4.79 Å². The number of carbonyl (C=O) groups excluding carboxylic acids is 1. The molecule has 0 rings (SSSR count). The Morgan fingerprint density at radius 1 is 0.889 bits per heavy atom. The van der Waals surface area contributed by atoms with Gasteiger partial charge in [-0.3, -0.25) is 0 Å². The molecule has 108 valence electrons. The Balaban J connectivity index is 3.55. The van der Waals surface area contributed by atoms with Crippen LogP contribution < -0.4 is 0 Å². The van der Waals surface area contributed by atoms with E-state index in [-0.39, 0.29) is 10.8 Å². The monoisotopic (exact) mass is 298 g/mol. The molecule has 0 N–H and O–H groups in total. The fraction of sp³-hybridized carbons (Fsp3) is 0.923. The van der Waals surface area contributed by atoms with Crippen molar-refractivity contribution in [3.8, 4) is 0 Å². The van der Waals surface area contributed by atoms with Crippen LogP contribution >= 0.6 is 23.2 Å². The van der Waals surface area contributed by atoms with Crippen molar-refractivity contribution in [2.24, 2.45) is 11.8 Å². The summed E-state index contributed by atoms with van der Waals surface area (Å²) in [5, 5.41) is 0.0388. The average molecular weight is 299 g/mol. The van der Waals surface area contributed by atoms with Crippen LogP contribution in [-0.2, 0) is 9.47 Å². The minimum Gasteiger partial charge on any atom is -0.434 e. The van der Waals surface area contributed by atoms with Gasteiger partial charge in [0.15, 0.2) is 0 Å². The predicted octanol–water partition coefficient (Wildman–Crippen LogP) is 4.45. The van der Waals surface area contributed by atoms with Crippen molar-refractivity contribution in [2.45, 2.75) is 51.3 Å². The quantitative estimate of drug-likeness (QED) is 0.491. The number of alkyl halides is 2. The van der Waals surface area contributed by atoms with Crippen LogP contribution in [0.3, 0.4) is 0 Å². The first kappa shape index (κ1) is 17.8. The Morgan fingerprint density at radius 2 is 1.22 bits per heavy atom. The second-order valence-electron chi connectivity index (χ2n) is 5.04. The number of ether oxygens (including phenoxy) is 2. The average Bonchev–Trinajstić information content (AvgIpc) is 2.28. The maximum atomic E-state index is 11.2. The minimum absolute atomic E-state index is 0.0194. The van der Waals surface area contributed by atoms with Crippen LogP contribution in [0, 0.1) is 11.8 Å². The molecule has 2 atom stereocenters. The van der Waals surface area contributed by atoms with Gasteiger partial charge in [0.1, 0.15) is 0 Å². The molecule has 0 heterocycles. The van der Waals surface area contributed by atoms with Gasteiger partial charge in [-0.05, 0) is 24.7 Å². The number of hydrogen-bond acceptors (Lipinski definition) is 3. The first-order valence-corrected chi connectivity index (χ1v) is 7.29. The molecule has 0 radical (unpaired) electrons. The summed E-state index contributed by atoms with van der Waals surface area (Å²) in [5.41, 5.74) is 0. The number of rotatable bonds is 8. The van der Waals surface area contributed by atoms with Crippen molar-refractivity contribution in [3.05, 3.63) is 0 Å². The highest BCUT2D eigenvalue weighted by molar-refractivity contribution is 6.21. The van der Waals surface area contributed by atoms with Crippen molar-refractivity contribution in [1.29, 1.82) is 0 Å². The van der Waals surface area contributed by atoms with Gasteiger partial charge in [0.2, 0.25) is 0 Å². The minimum atomic E-state index is -0.643. The first-order valence-electron chi connectivity index (χ1n) is 6.42. The molecule has 0 saturated carbocycles. The molecule has 0 amide bonds. The molecule has 3 nitrogen and oxygen atoms in total. The third kappa shape index (κ3) is 8.87. The summed E-state index contributed by atoms with van der Waals surface area (Å²) in [5.74, 6) is 0.740. The van der Waals surface area contributed by atoms with Crippen LogP contribution in [-0.4, -0.2) is 30.1 Å². The van der Waals surface area contributed by atoms with Gasteiger partial charge in [-0.25, -0.2) is 4.79 Å². The fourth-order valence-electron chi connectivity index (χ4n) is 1.22. The van der Waals surface area contributed by atoms with Crippen molar-refractivity contribution in [3.63, 3.8) is 0 Å². The Labute approximate surface area is 120 Å². The van der Waals surface area contributed by atoms with Crippen molar-refractivity contribution in [1.82, 2.24) is 0 Å². The maximum Gasteiger partial charge on any atom is 0.508 e. The van der Waals surface area contributed by atoms with Crippen LogP contribution in [0.25, 0.3) is 0 Å². The lowest BCUT2D eigenvalue weighted by molar-refractivity contribution is 0.0524. The highest BCUT2D eigenvalue weighted by Gasteiger charge is 2.13. The molecule has 18 heavy (non-hydrogen) atoms. The smallest absolute Gasteiger partial charge is 0.434 e. The van der Waals surface area contributed by atoms with Crippen LogP contribution in [0.15, 0.2) is 0 Å². The van der Waals surface area contributed by atoms with E-state index in [1.165, 1.54) is 0 Å². The summed E-state index contributed by atoms with van der Waals surface area (Å²) in [6.45, 7) is 8.70. The molecule has 0 aromatic carbocycles. The van der Waals surface area contributed by atoms with Gasteiger partial charge in [0.05, 0.1) is 13.2 Å². The molecule has 0 fully saturated rings. The van der Waals surface area contributed by atoms with E-state index in [2.05, 4.69) is 0 Å². The zero-order chi connectivity index (χ0) is 14.1. The number of halogens is 2. The van der Waals surface area contributed by atoms with Gasteiger partial charge in [-0.2, -0.15) is 0 Å². The van der Waals surface area contributed by atoms with Crippen LogP contribution in [0.2, 0.25) is 0 Å². The third-order valence-corrected chi connectivity index (χ3v) is 4.12. The van der Waals surface area contributed by atoms with E-state index in [0.29, 0.717) is 37.9 Å². The molecule has 5 heteroatoms. The Bertz CT molecular complexity index is 210. The third-order valence-electron chi connectivity index (χ3n) is 2.67. The fourth-order valence-corrected chi connectivity index (χ4v) is 1.40. The molecule has 2 unspecified atom stereocenters. The van der Waals surface area contributed by atoms with E-state index in [4.69, 9.17) is 32.7 Å². The Hall–Kier alpha value is -0.150. The second-order valence-corrected chi connectivity index (χ2v) is 6.17. The van der Waals surface area contributed by atoms with E-state index in [9.17, 15) is 4.79 Å². The summed E-state index contributed by atoms with van der Waals surface area (Å²) in [4.78, 5) is 11.2. The normalized spacial score (nSPS) is 14.7. The largest absolute Gasteiger partial charge is 0.508 e. The zero-order valence-corrected chi connectivity index (χ0v) is 13.1. The zero-order valence-electron chi connectivity index (χ0n) is 11.6. The summed E-state index contributed by atoms with van der Waals surface area (Å²) >= 11 is 12.1. The molecule has 0 aliphatic rings. The lowest BCUT2D eigenvalue weighted by Crippen LogP contribution is -2.17. The Kier molecular flexibility index (Phi) is 9.66. The van der Waals surface area contributed by atoms with Crippen molar-refractivity contribution >= 4 is 29.4 Å². The molecule has 0 saturated heterocycles. The standard InChI is InChI=1S/C13H24Cl2O3/c1-9(2)11(14)5-7-17-13(16)18-8-6-12(15)10(3)4/h9-12H,5-8H2,1-4H3. The van der Waals surface area contributed by atoms with E-state index in [0.717, 1.165) is 0 Å². The predicted molar refractivity (Wildman–Crippen MR) is 75.5 cm³/mol. The topological polar surface area (TPSA) is 35.5 Å². The number of carbonyl (C=O) groups is 1. The van der Waals surface area contributed by atoms with Gasteiger partial charge < -0.3 is 9.47 Å². The molecule has 0 aromatic heterocycles. The van der Waals surface area contributed by atoms with E-state index in [1.54, 1.807) is 0 Å². The van der Waals surface area contributed by atoms with Crippen molar-refractivity contribution < 1.29 is 14.3 Å². The highest BCUT2D eigenvalue weighted by atomic mass is 35.5. The number of hydrogen-bond donors (Lipinski definition) is 0. The molecular weight excluding hydrogens is 275 g/mol. The van der Waals surface area contributed by atoms with Gasteiger partial charge in [0, 0.05) is 10.8 Å². The second kappa shape index (κ2) is 9.74. The summed E-state index contributed by atoms with van der Waals surface area (Å²) < 4.78 is 9.83. The lowest BCUT2D eigenvalue weighted by atomic mass is 10.1. The van der Waals surface area contributed by atoms with Gasteiger partial charge in [0.25, 0.3) is 0 Å². The van der Waals surface area contributed by atoms with Gasteiger partial charge in [-0.1, -0.05) is 27.7 Å². The van der Waals surface area contributed by atoms with Gasteiger partial charge in [-0.15, -0.1) is 23.2 Å². The molecule has 0 aliphatic carbocycles. The van der Waals surface area contributed by atoms with E-state index >= 15 is 0 Å². The van der Waals surface area contributed by atoms with Crippen LogP contribution in [0.1, 0.15) is 40.5 Å². The molecule has 0 bridgehead atoms. The first-order chi connectivity index (χ1) is 8.34. The highest BCUT2D eigenvalue weighted by Crippen LogP contribution is 2.14. The van der Waals surface area contributed by atoms with E-state index in [1.807, 2.05) is 27.7 Å². The SMILES string of the molecule is CC(C)C(Cl)CCOC(=O)OCCC(Cl)C(C)C.